The molecule has 1 aliphatic heterocycles. The third-order valence-corrected chi connectivity index (χ3v) is 3.94. The summed E-state index contributed by atoms with van der Waals surface area (Å²) in [5.41, 5.74) is 0.640. The molecule has 1 saturated heterocycles. The van der Waals surface area contributed by atoms with Crippen molar-refractivity contribution in [2.24, 2.45) is 0 Å². The topological polar surface area (TPSA) is 70.0 Å². The van der Waals surface area contributed by atoms with Gasteiger partial charge in [-0.2, -0.15) is 0 Å². The molecule has 1 aromatic carbocycles. The van der Waals surface area contributed by atoms with Gasteiger partial charge in [0.05, 0.1) is 7.11 Å². The molecule has 0 spiro atoms. The molecule has 5 nitrogen and oxygen atoms in total. The van der Waals surface area contributed by atoms with Crippen molar-refractivity contribution in [3.8, 4) is 11.5 Å². The Kier molecular flexibility index (Phi) is 4.49. The number of aliphatic carboxylic acids is 1. The molecule has 5 heteroatoms. The van der Waals surface area contributed by atoms with E-state index in [9.17, 15) is 15.0 Å². The molecule has 1 heterocycles. The number of nitrogens with zero attached hydrogens (tertiary/aromatic N) is 1. The van der Waals surface area contributed by atoms with Gasteiger partial charge in [0.15, 0.2) is 11.5 Å². The van der Waals surface area contributed by atoms with Crippen molar-refractivity contribution in [3.05, 3.63) is 23.8 Å². The lowest BCUT2D eigenvalue weighted by molar-refractivity contribution is -0.145. The molecule has 1 aliphatic rings. The van der Waals surface area contributed by atoms with Gasteiger partial charge in [0.25, 0.3) is 0 Å². The van der Waals surface area contributed by atoms with Crippen molar-refractivity contribution >= 4 is 5.97 Å². The number of carbonyl (C=O) groups is 1. The maximum atomic E-state index is 11.7. The first-order chi connectivity index (χ1) is 9.54. The zero-order valence-electron chi connectivity index (χ0n) is 11.9. The lowest BCUT2D eigenvalue weighted by Crippen LogP contribution is -2.43. The van der Waals surface area contributed by atoms with Gasteiger partial charge in [-0.05, 0) is 44.0 Å². The Morgan fingerprint density at radius 2 is 2.20 bits per heavy atom. The monoisotopic (exact) mass is 279 g/mol. The standard InChI is InChI=1S/C15H21NO4/c1-10-5-3-4-8-16(10)14(15(18)19)11-6-7-12(17)13(9-11)20-2/h6-7,9-10,14,17H,3-5,8H2,1-2H3,(H,18,19). The molecule has 20 heavy (non-hydrogen) atoms. The van der Waals surface area contributed by atoms with E-state index in [1.54, 1.807) is 12.1 Å². The average Bonchev–Trinajstić information content (AvgIpc) is 2.42. The molecule has 2 unspecified atom stereocenters. The smallest absolute Gasteiger partial charge is 0.325 e. The molecule has 1 fully saturated rings. The van der Waals surface area contributed by atoms with Gasteiger partial charge in [0.1, 0.15) is 6.04 Å². The maximum Gasteiger partial charge on any atom is 0.325 e. The highest BCUT2D eigenvalue weighted by molar-refractivity contribution is 5.76. The molecule has 0 aromatic heterocycles. The number of rotatable bonds is 4. The number of aromatic hydroxyl groups is 1. The summed E-state index contributed by atoms with van der Waals surface area (Å²) in [7, 11) is 1.46. The van der Waals surface area contributed by atoms with Gasteiger partial charge in [-0.15, -0.1) is 0 Å². The molecule has 2 rings (SSSR count). The summed E-state index contributed by atoms with van der Waals surface area (Å²) in [5.74, 6) is -0.544. The number of carboxylic acids is 1. The Morgan fingerprint density at radius 1 is 1.45 bits per heavy atom. The number of ether oxygens (including phenoxy) is 1. The third kappa shape index (κ3) is 2.88. The van der Waals surface area contributed by atoms with Crippen LogP contribution in [0.25, 0.3) is 0 Å². The minimum atomic E-state index is -0.869. The first-order valence-electron chi connectivity index (χ1n) is 6.90. The first kappa shape index (κ1) is 14.7. The second kappa shape index (κ2) is 6.13. The molecule has 0 bridgehead atoms. The van der Waals surface area contributed by atoms with Crippen LogP contribution in [0.1, 0.15) is 37.8 Å². The lowest BCUT2D eigenvalue weighted by atomic mass is 9.97. The van der Waals surface area contributed by atoms with Crippen LogP contribution in [0.3, 0.4) is 0 Å². The van der Waals surface area contributed by atoms with Gasteiger partial charge < -0.3 is 14.9 Å². The van der Waals surface area contributed by atoms with E-state index in [1.807, 2.05) is 4.90 Å². The number of carboxylic acid groups (broad SMARTS) is 1. The zero-order chi connectivity index (χ0) is 14.7. The van der Waals surface area contributed by atoms with Crippen molar-refractivity contribution in [2.45, 2.75) is 38.3 Å². The van der Waals surface area contributed by atoms with E-state index < -0.39 is 12.0 Å². The van der Waals surface area contributed by atoms with E-state index in [-0.39, 0.29) is 11.8 Å². The van der Waals surface area contributed by atoms with Gasteiger partial charge in [-0.25, -0.2) is 0 Å². The predicted molar refractivity (Wildman–Crippen MR) is 75.1 cm³/mol. The molecule has 0 saturated carbocycles. The van der Waals surface area contributed by atoms with Gasteiger partial charge >= 0.3 is 5.97 Å². The van der Waals surface area contributed by atoms with Crippen molar-refractivity contribution in [1.29, 1.82) is 0 Å². The summed E-state index contributed by atoms with van der Waals surface area (Å²) in [5, 5.41) is 19.2. The Hall–Kier alpha value is -1.75. The van der Waals surface area contributed by atoms with E-state index >= 15 is 0 Å². The fourth-order valence-electron chi connectivity index (χ4n) is 2.84. The quantitative estimate of drug-likeness (QED) is 0.885. The van der Waals surface area contributed by atoms with Crippen LogP contribution in [-0.4, -0.2) is 40.8 Å². The molecule has 0 amide bonds. The zero-order valence-corrected chi connectivity index (χ0v) is 11.9. The number of phenols is 1. The van der Waals surface area contributed by atoms with E-state index in [0.717, 1.165) is 25.8 Å². The van der Waals surface area contributed by atoms with Crippen LogP contribution in [0.5, 0.6) is 11.5 Å². The second-order valence-electron chi connectivity index (χ2n) is 5.25. The predicted octanol–water partition coefficient (Wildman–Crippen LogP) is 2.40. The molecule has 0 aliphatic carbocycles. The largest absolute Gasteiger partial charge is 0.504 e. The molecular weight excluding hydrogens is 258 g/mol. The summed E-state index contributed by atoms with van der Waals surface area (Å²) in [6.07, 6.45) is 3.17. The van der Waals surface area contributed by atoms with E-state index in [1.165, 1.54) is 13.2 Å². The number of hydrogen-bond donors (Lipinski definition) is 2. The lowest BCUT2D eigenvalue weighted by Gasteiger charge is -2.37. The number of hydrogen-bond acceptors (Lipinski definition) is 4. The van der Waals surface area contributed by atoms with Crippen molar-refractivity contribution in [1.82, 2.24) is 4.90 Å². The van der Waals surface area contributed by atoms with Crippen LogP contribution in [0.15, 0.2) is 18.2 Å². The summed E-state index contributed by atoms with van der Waals surface area (Å²) in [4.78, 5) is 13.7. The van der Waals surface area contributed by atoms with Gasteiger partial charge in [0.2, 0.25) is 0 Å². The summed E-state index contributed by atoms with van der Waals surface area (Å²) in [6, 6.07) is 4.29. The van der Waals surface area contributed by atoms with E-state index in [0.29, 0.717) is 11.3 Å². The second-order valence-corrected chi connectivity index (χ2v) is 5.25. The van der Waals surface area contributed by atoms with E-state index in [2.05, 4.69) is 6.92 Å². The van der Waals surface area contributed by atoms with Crippen molar-refractivity contribution in [2.75, 3.05) is 13.7 Å². The highest BCUT2D eigenvalue weighted by Crippen LogP contribution is 2.34. The van der Waals surface area contributed by atoms with Crippen LogP contribution >= 0.6 is 0 Å². The summed E-state index contributed by atoms with van der Waals surface area (Å²) >= 11 is 0. The number of methoxy groups -OCH3 is 1. The first-order valence-corrected chi connectivity index (χ1v) is 6.90. The molecule has 0 radical (unpaired) electrons. The normalized spacial score (nSPS) is 21.4. The highest BCUT2D eigenvalue weighted by Gasteiger charge is 2.32. The van der Waals surface area contributed by atoms with Crippen LogP contribution in [-0.2, 0) is 4.79 Å². The Labute approximate surface area is 118 Å². The minimum Gasteiger partial charge on any atom is -0.504 e. The average molecular weight is 279 g/mol. The number of benzene rings is 1. The molecule has 110 valence electrons. The van der Waals surface area contributed by atoms with Gasteiger partial charge in [-0.3, -0.25) is 9.69 Å². The van der Waals surface area contributed by atoms with Crippen molar-refractivity contribution in [3.63, 3.8) is 0 Å². The van der Waals surface area contributed by atoms with Crippen LogP contribution < -0.4 is 4.74 Å². The molecular formula is C15H21NO4. The fraction of sp³-hybridized carbons (Fsp3) is 0.533. The molecule has 1 aromatic rings. The highest BCUT2D eigenvalue weighted by atomic mass is 16.5. The number of likely N-dealkylation sites (tertiary alicyclic amines) is 1. The SMILES string of the molecule is COc1cc(C(C(=O)O)N2CCCCC2C)ccc1O. The Morgan fingerprint density at radius 3 is 2.80 bits per heavy atom. The third-order valence-electron chi connectivity index (χ3n) is 3.94. The minimum absolute atomic E-state index is 0.0204. The van der Waals surface area contributed by atoms with Crippen molar-refractivity contribution < 1.29 is 19.7 Å². The number of piperidine rings is 1. The maximum absolute atomic E-state index is 11.7. The van der Waals surface area contributed by atoms with Crippen LogP contribution in [0, 0.1) is 0 Å². The Bertz CT molecular complexity index is 489. The molecule has 2 atom stereocenters. The van der Waals surface area contributed by atoms with E-state index in [4.69, 9.17) is 4.74 Å². The Balaban J connectivity index is 2.35. The van der Waals surface area contributed by atoms with Gasteiger partial charge in [-0.1, -0.05) is 12.5 Å². The molecule has 2 N–H and O–H groups in total. The summed E-state index contributed by atoms with van der Waals surface area (Å²) in [6.45, 7) is 2.84. The summed E-state index contributed by atoms with van der Waals surface area (Å²) < 4.78 is 5.07. The fourth-order valence-corrected chi connectivity index (χ4v) is 2.84. The van der Waals surface area contributed by atoms with Crippen LogP contribution in [0.4, 0.5) is 0 Å². The van der Waals surface area contributed by atoms with Crippen LogP contribution in [0.2, 0.25) is 0 Å². The number of phenolic OH excluding ortho intramolecular Hbond substituents is 1. The van der Waals surface area contributed by atoms with Gasteiger partial charge in [0, 0.05) is 6.04 Å².